The highest BCUT2D eigenvalue weighted by Crippen LogP contribution is 2.27. The molecule has 1 aliphatic rings. The second-order valence-electron chi connectivity index (χ2n) is 6.14. The van der Waals surface area contributed by atoms with Crippen molar-refractivity contribution in [1.82, 2.24) is 0 Å². The fourth-order valence-electron chi connectivity index (χ4n) is 2.96. The number of anilines is 2. The van der Waals surface area contributed by atoms with Crippen molar-refractivity contribution in [3.05, 3.63) is 54.1 Å². The molecule has 2 aromatic carbocycles. The number of rotatable bonds is 7. The summed E-state index contributed by atoms with van der Waals surface area (Å²) in [5, 5.41) is 13.7. The minimum absolute atomic E-state index is 0.0485. The first-order valence-electron chi connectivity index (χ1n) is 8.63. The van der Waals surface area contributed by atoms with Gasteiger partial charge in [0.15, 0.2) is 0 Å². The number of carboxylic acids is 1. The number of aliphatic carboxylic acids is 1. The minimum Gasteiger partial charge on any atom is -0.550 e. The Kier molecular flexibility index (Phi) is 5.40. The molecule has 1 aliphatic heterocycles. The van der Waals surface area contributed by atoms with Crippen molar-refractivity contribution >= 4 is 29.2 Å². The van der Waals surface area contributed by atoms with Gasteiger partial charge in [0.25, 0.3) is 5.91 Å². The maximum Gasteiger partial charge on any atom is 0.256 e. The molecule has 0 unspecified atom stereocenters. The lowest BCUT2D eigenvalue weighted by Gasteiger charge is -2.16. The summed E-state index contributed by atoms with van der Waals surface area (Å²) in [7, 11) is 0. The Bertz CT molecular complexity index is 846. The molecule has 1 N–H and O–H groups in total. The van der Waals surface area contributed by atoms with E-state index in [4.69, 9.17) is 4.74 Å². The number of nitrogens with one attached hydrogen (secondary N) is 1. The van der Waals surface area contributed by atoms with Gasteiger partial charge in [-0.15, -0.1) is 0 Å². The van der Waals surface area contributed by atoms with Gasteiger partial charge in [-0.05, 0) is 48.9 Å². The third-order valence-electron chi connectivity index (χ3n) is 4.20. The maximum atomic E-state index is 12.7. The smallest absolute Gasteiger partial charge is 0.256 e. The first-order chi connectivity index (χ1) is 13.0. The van der Waals surface area contributed by atoms with Gasteiger partial charge in [-0.1, -0.05) is 12.1 Å². The summed E-state index contributed by atoms with van der Waals surface area (Å²) in [6.07, 6.45) is -0.126. The van der Waals surface area contributed by atoms with Gasteiger partial charge >= 0.3 is 0 Å². The monoisotopic (exact) mass is 367 g/mol. The SMILES string of the molecule is CCOc1ccc(N2C(=O)C[C@H](Nc3ccc(CC(=O)[O-])cc3)C2=O)cc1. The van der Waals surface area contributed by atoms with E-state index in [1.807, 2.05) is 6.92 Å². The number of benzene rings is 2. The van der Waals surface area contributed by atoms with Crippen molar-refractivity contribution in [2.75, 3.05) is 16.8 Å². The molecule has 140 valence electrons. The van der Waals surface area contributed by atoms with Crippen LogP contribution in [0, 0.1) is 0 Å². The van der Waals surface area contributed by atoms with E-state index in [1.54, 1.807) is 48.5 Å². The Hall–Kier alpha value is -3.35. The summed E-state index contributed by atoms with van der Waals surface area (Å²) in [4.78, 5) is 36.8. The van der Waals surface area contributed by atoms with E-state index in [1.165, 1.54) is 0 Å². The summed E-state index contributed by atoms with van der Waals surface area (Å²) < 4.78 is 5.37. The molecule has 0 radical (unpaired) electrons. The van der Waals surface area contributed by atoms with Gasteiger partial charge < -0.3 is 20.0 Å². The fourth-order valence-corrected chi connectivity index (χ4v) is 2.96. The minimum atomic E-state index is -1.15. The largest absolute Gasteiger partial charge is 0.550 e. The summed E-state index contributed by atoms with van der Waals surface area (Å²) in [6.45, 7) is 2.41. The van der Waals surface area contributed by atoms with Crippen molar-refractivity contribution in [2.24, 2.45) is 0 Å². The number of carbonyl (C=O) groups excluding carboxylic acids is 3. The summed E-state index contributed by atoms with van der Waals surface area (Å²) in [5.74, 6) is -1.09. The van der Waals surface area contributed by atoms with Crippen LogP contribution in [-0.4, -0.2) is 30.4 Å². The standard InChI is InChI=1S/C20H20N2O5/c1-2-27-16-9-7-15(8-10-16)22-18(23)12-17(20(22)26)21-14-5-3-13(4-6-14)11-19(24)25/h3-10,17,21H,2,11-12H2,1H3,(H,24,25)/p-1/t17-/m0/s1. The second kappa shape index (κ2) is 7.90. The predicted octanol–water partition coefficient (Wildman–Crippen LogP) is 1.12. The number of hydrogen-bond donors (Lipinski definition) is 1. The number of imide groups is 1. The van der Waals surface area contributed by atoms with Crippen molar-refractivity contribution < 1.29 is 24.2 Å². The molecule has 1 atom stereocenters. The van der Waals surface area contributed by atoms with E-state index in [9.17, 15) is 19.5 Å². The summed E-state index contributed by atoms with van der Waals surface area (Å²) >= 11 is 0. The molecular formula is C20H19N2O5-. The Labute approximate surface area is 156 Å². The zero-order valence-electron chi connectivity index (χ0n) is 14.8. The molecule has 1 heterocycles. The van der Waals surface area contributed by atoms with Gasteiger partial charge in [-0.3, -0.25) is 9.59 Å². The zero-order valence-corrected chi connectivity index (χ0v) is 14.8. The molecule has 0 aliphatic carbocycles. The van der Waals surface area contributed by atoms with Crippen LogP contribution < -0.4 is 20.1 Å². The Morgan fingerprint density at radius 1 is 1.15 bits per heavy atom. The van der Waals surface area contributed by atoms with Crippen LogP contribution in [0.4, 0.5) is 11.4 Å². The van der Waals surface area contributed by atoms with Crippen LogP contribution in [0.2, 0.25) is 0 Å². The highest BCUT2D eigenvalue weighted by Gasteiger charge is 2.39. The molecule has 0 aromatic heterocycles. The van der Waals surface area contributed by atoms with Crippen LogP contribution in [0.3, 0.4) is 0 Å². The number of hydrogen-bond acceptors (Lipinski definition) is 6. The lowest BCUT2D eigenvalue weighted by Crippen LogP contribution is -2.34. The van der Waals surface area contributed by atoms with Crippen molar-refractivity contribution in [1.29, 1.82) is 0 Å². The molecule has 0 saturated carbocycles. The van der Waals surface area contributed by atoms with Crippen molar-refractivity contribution in [3.8, 4) is 5.75 Å². The Balaban J connectivity index is 1.69. The maximum absolute atomic E-state index is 12.7. The van der Waals surface area contributed by atoms with E-state index in [0.29, 0.717) is 29.3 Å². The Morgan fingerprint density at radius 2 is 1.81 bits per heavy atom. The predicted molar refractivity (Wildman–Crippen MR) is 97.3 cm³/mol. The second-order valence-corrected chi connectivity index (χ2v) is 6.14. The third kappa shape index (κ3) is 4.25. The van der Waals surface area contributed by atoms with Gasteiger partial charge in [0.1, 0.15) is 11.8 Å². The molecule has 7 nitrogen and oxygen atoms in total. The van der Waals surface area contributed by atoms with Crippen molar-refractivity contribution in [3.63, 3.8) is 0 Å². The van der Waals surface area contributed by atoms with E-state index >= 15 is 0 Å². The number of carbonyl (C=O) groups is 3. The number of amides is 2. The van der Waals surface area contributed by atoms with E-state index in [-0.39, 0.29) is 24.7 Å². The van der Waals surface area contributed by atoms with Gasteiger partial charge in [0.05, 0.1) is 18.7 Å². The number of ether oxygens (including phenoxy) is 1. The first kappa shape index (κ1) is 18.4. The molecule has 7 heteroatoms. The highest BCUT2D eigenvalue weighted by molar-refractivity contribution is 6.23. The fraction of sp³-hybridized carbons (Fsp3) is 0.250. The molecule has 0 bridgehead atoms. The number of nitrogens with zero attached hydrogens (tertiary/aromatic N) is 1. The van der Waals surface area contributed by atoms with Crippen LogP contribution in [-0.2, 0) is 20.8 Å². The molecule has 1 fully saturated rings. The average Bonchev–Trinajstić information content (AvgIpc) is 2.91. The van der Waals surface area contributed by atoms with Crippen molar-refractivity contribution in [2.45, 2.75) is 25.8 Å². The van der Waals surface area contributed by atoms with E-state index < -0.39 is 12.0 Å². The molecule has 0 spiro atoms. The number of carboxylic acid groups (broad SMARTS) is 1. The molecular weight excluding hydrogens is 348 g/mol. The van der Waals surface area contributed by atoms with Crippen LogP contribution in [0.25, 0.3) is 0 Å². The lowest BCUT2D eigenvalue weighted by molar-refractivity contribution is -0.304. The van der Waals surface area contributed by atoms with Crippen LogP contribution in [0.15, 0.2) is 48.5 Å². The van der Waals surface area contributed by atoms with Crippen LogP contribution in [0.5, 0.6) is 5.75 Å². The molecule has 2 amide bonds. The third-order valence-corrected chi connectivity index (χ3v) is 4.20. The van der Waals surface area contributed by atoms with Crippen LogP contribution >= 0.6 is 0 Å². The van der Waals surface area contributed by atoms with Crippen LogP contribution in [0.1, 0.15) is 18.9 Å². The first-order valence-corrected chi connectivity index (χ1v) is 8.63. The Morgan fingerprint density at radius 3 is 2.41 bits per heavy atom. The topological polar surface area (TPSA) is 98.8 Å². The van der Waals surface area contributed by atoms with Gasteiger partial charge in [-0.25, -0.2) is 4.90 Å². The van der Waals surface area contributed by atoms with Gasteiger partial charge in [0, 0.05) is 18.1 Å². The lowest BCUT2D eigenvalue weighted by atomic mass is 10.1. The molecule has 27 heavy (non-hydrogen) atoms. The summed E-state index contributed by atoms with van der Waals surface area (Å²) in [5.41, 5.74) is 1.74. The molecule has 1 saturated heterocycles. The quantitative estimate of drug-likeness (QED) is 0.737. The molecule has 3 rings (SSSR count). The van der Waals surface area contributed by atoms with Gasteiger partial charge in [0.2, 0.25) is 5.91 Å². The van der Waals surface area contributed by atoms with E-state index in [2.05, 4.69) is 5.32 Å². The van der Waals surface area contributed by atoms with Gasteiger partial charge in [-0.2, -0.15) is 0 Å². The average molecular weight is 367 g/mol. The van der Waals surface area contributed by atoms with E-state index in [0.717, 1.165) is 4.90 Å². The molecule has 2 aromatic rings. The summed E-state index contributed by atoms with van der Waals surface area (Å²) in [6, 6.07) is 12.8. The normalized spacial score (nSPS) is 16.5. The highest BCUT2D eigenvalue weighted by atomic mass is 16.5. The zero-order chi connectivity index (χ0) is 19.4.